The van der Waals surface area contributed by atoms with Gasteiger partial charge in [0.15, 0.2) is 11.5 Å². The summed E-state index contributed by atoms with van der Waals surface area (Å²) in [7, 11) is 0. The molecule has 4 nitrogen and oxygen atoms in total. The van der Waals surface area contributed by atoms with Crippen LogP contribution in [0.5, 0.6) is 23.0 Å². The smallest absolute Gasteiger partial charge is 0.169 e. The Morgan fingerprint density at radius 3 is 2.35 bits per heavy atom. The number of nitrogens with zero attached hydrogens (tertiary/aromatic N) is 1. The van der Waals surface area contributed by atoms with Crippen LogP contribution in [0, 0.1) is 11.3 Å². The average Bonchev–Trinajstić information content (AvgIpc) is 2.69. The molecule has 0 unspecified atom stereocenters. The number of nitriles is 1. The number of phenols is 1. The summed E-state index contributed by atoms with van der Waals surface area (Å²) in [5.41, 5.74) is 1.50. The van der Waals surface area contributed by atoms with Crippen LogP contribution in [0.15, 0.2) is 72.8 Å². The van der Waals surface area contributed by atoms with Crippen LogP contribution in [-0.4, -0.2) is 5.11 Å². The number of phenolic OH excluding ortho intramolecular Hbond substituents is 1. The molecule has 3 aromatic carbocycles. The summed E-state index contributed by atoms with van der Waals surface area (Å²) in [6.45, 7) is 4.37. The van der Waals surface area contributed by atoms with Gasteiger partial charge in [0, 0.05) is 12.1 Å². The lowest BCUT2D eigenvalue weighted by molar-refractivity contribution is 0.291. The fraction of sp³-hybridized carbons (Fsp3) is 0.136. The van der Waals surface area contributed by atoms with Gasteiger partial charge < -0.3 is 14.6 Å². The number of rotatable bonds is 5. The Hall–Kier alpha value is -3.45. The lowest BCUT2D eigenvalue weighted by Gasteiger charge is -2.13. The van der Waals surface area contributed by atoms with E-state index in [9.17, 15) is 5.11 Å². The Morgan fingerprint density at radius 2 is 1.65 bits per heavy atom. The number of hydrogen-bond donors (Lipinski definition) is 1. The third-order valence-corrected chi connectivity index (χ3v) is 3.36. The lowest BCUT2D eigenvalue weighted by atomic mass is 10.2. The van der Waals surface area contributed by atoms with Crippen molar-refractivity contribution in [2.75, 3.05) is 0 Å². The summed E-state index contributed by atoms with van der Waals surface area (Å²) < 4.78 is 11.6. The van der Waals surface area contributed by atoms with Gasteiger partial charge in [0.1, 0.15) is 18.1 Å². The first-order chi connectivity index (χ1) is 12.7. The Morgan fingerprint density at radius 1 is 0.885 bits per heavy atom. The maximum atomic E-state index is 9.54. The molecule has 3 rings (SSSR count). The molecule has 4 heteroatoms. The molecule has 0 spiro atoms. The van der Waals surface area contributed by atoms with Crippen molar-refractivity contribution < 1.29 is 14.6 Å². The second-order valence-electron chi connectivity index (χ2n) is 5.15. The van der Waals surface area contributed by atoms with Crippen molar-refractivity contribution in [3.05, 3.63) is 83.9 Å². The summed E-state index contributed by atoms with van der Waals surface area (Å²) >= 11 is 0. The monoisotopic (exact) mass is 347 g/mol. The summed E-state index contributed by atoms with van der Waals surface area (Å²) in [6, 6.07) is 23.3. The third-order valence-electron chi connectivity index (χ3n) is 3.36. The summed E-state index contributed by atoms with van der Waals surface area (Å²) in [6.07, 6.45) is 0. The highest BCUT2D eigenvalue weighted by Crippen LogP contribution is 2.34. The molecular weight excluding hydrogens is 326 g/mol. The van der Waals surface area contributed by atoms with Gasteiger partial charge in [0.05, 0.1) is 11.6 Å². The number of ether oxygens (including phenoxy) is 2. The van der Waals surface area contributed by atoms with Gasteiger partial charge in [-0.25, -0.2) is 0 Å². The van der Waals surface area contributed by atoms with Gasteiger partial charge in [0.25, 0.3) is 0 Å². The van der Waals surface area contributed by atoms with Crippen molar-refractivity contribution in [2.45, 2.75) is 20.5 Å². The molecule has 0 atom stereocenters. The molecule has 3 aromatic rings. The van der Waals surface area contributed by atoms with Gasteiger partial charge in [-0.15, -0.1) is 0 Å². The zero-order valence-corrected chi connectivity index (χ0v) is 14.8. The van der Waals surface area contributed by atoms with E-state index in [2.05, 4.69) is 6.07 Å². The zero-order chi connectivity index (χ0) is 18.8. The van der Waals surface area contributed by atoms with Crippen LogP contribution in [0.3, 0.4) is 0 Å². The molecule has 0 aliphatic carbocycles. The molecule has 0 saturated carbocycles. The molecule has 0 radical (unpaired) electrons. The molecule has 0 heterocycles. The largest absolute Gasteiger partial charge is 0.508 e. The van der Waals surface area contributed by atoms with Crippen molar-refractivity contribution in [2.24, 2.45) is 0 Å². The van der Waals surface area contributed by atoms with Gasteiger partial charge in [-0.05, 0) is 29.8 Å². The Kier molecular flexibility index (Phi) is 7.08. The van der Waals surface area contributed by atoms with Gasteiger partial charge in [-0.1, -0.05) is 50.2 Å². The van der Waals surface area contributed by atoms with E-state index in [1.165, 1.54) is 6.07 Å². The predicted octanol–water partition coefficient (Wildman–Crippen LogP) is 5.66. The minimum atomic E-state index is 0.118. The molecule has 0 aromatic heterocycles. The molecule has 0 bridgehead atoms. The Labute approximate surface area is 153 Å². The van der Waals surface area contributed by atoms with Crippen LogP contribution in [0.2, 0.25) is 0 Å². The van der Waals surface area contributed by atoms with Gasteiger partial charge in [-0.3, -0.25) is 0 Å². The van der Waals surface area contributed by atoms with Crippen molar-refractivity contribution in [1.82, 2.24) is 0 Å². The van der Waals surface area contributed by atoms with Crippen LogP contribution < -0.4 is 9.47 Å². The van der Waals surface area contributed by atoms with Crippen molar-refractivity contribution in [1.29, 1.82) is 5.26 Å². The first kappa shape index (κ1) is 18.9. The first-order valence-electron chi connectivity index (χ1n) is 8.42. The average molecular weight is 347 g/mol. The summed E-state index contributed by atoms with van der Waals surface area (Å²) in [5, 5.41) is 18.6. The fourth-order valence-corrected chi connectivity index (χ4v) is 2.18. The standard InChI is InChI=1S/C20H15NO3.C2H6/c21-13-16-9-10-19(24-18-8-4-7-17(22)12-18)20(11-16)23-14-15-5-2-1-3-6-15;1-2/h1-12,22H,14H2;1-2H3. The molecule has 0 amide bonds. The SMILES string of the molecule is CC.N#Cc1ccc(Oc2cccc(O)c2)c(OCc2ccccc2)c1. The third kappa shape index (κ3) is 5.29. The second kappa shape index (κ2) is 9.75. The highest BCUT2D eigenvalue weighted by molar-refractivity contribution is 5.49. The topological polar surface area (TPSA) is 62.5 Å². The van der Waals surface area contributed by atoms with Gasteiger partial charge >= 0.3 is 0 Å². The van der Waals surface area contributed by atoms with Crippen molar-refractivity contribution in [3.63, 3.8) is 0 Å². The van der Waals surface area contributed by atoms with E-state index in [0.29, 0.717) is 29.4 Å². The zero-order valence-electron chi connectivity index (χ0n) is 14.8. The van der Waals surface area contributed by atoms with Crippen molar-refractivity contribution >= 4 is 0 Å². The van der Waals surface area contributed by atoms with Gasteiger partial charge in [0.2, 0.25) is 0 Å². The normalized spacial score (nSPS) is 9.42. The first-order valence-corrected chi connectivity index (χ1v) is 8.42. The molecular formula is C22H21NO3. The molecule has 0 aliphatic rings. The number of aromatic hydroxyl groups is 1. The Bertz CT molecular complexity index is 870. The number of benzene rings is 3. The fourth-order valence-electron chi connectivity index (χ4n) is 2.18. The molecule has 1 N–H and O–H groups in total. The van der Waals surface area contributed by atoms with E-state index >= 15 is 0 Å². The quantitative estimate of drug-likeness (QED) is 0.647. The highest BCUT2D eigenvalue weighted by Gasteiger charge is 2.09. The Balaban J connectivity index is 0.00000117. The molecule has 132 valence electrons. The summed E-state index contributed by atoms with van der Waals surface area (Å²) in [5.74, 6) is 1.56. The van der Waals surface area contributed by atoms with Crippen LogP contribution >= 0.6 is 0 Å². The van der Waals surface area contributed by atoms with Crippen molar-refractivity contribution in [3.8, 4) is 29.1 Å². The predicted molar refractivity (Wildman–Crippen MR) is 101 cm³/mol. The summed E-state index contributed by atoms with van der Waals surface area (Å²) in [4.78, 5) is 0. The van der Waals surface area contributed by atoms with E-state index in [1.807, 2.05) is 44.2 Å². The van der Waals surface area contributed by atoms with E-state index in [4.69, 9.17) is 14.7 Å². The van der Waals surface area contributed by atoms with Crippen LogP contribution in [-0.2, 0) is 6.61 Å². The van der Waals surface area contributed by atoms with Crippen LogP contribution in [0.1, 0.15) is 25.0 Å². The van der Waals surface area contributed by atoms with E-state index in [-0.39, 0.29) is 5.75 Å². The van der Waals surface area contributed by atoms with E-state index < -0.39 is 0 Å². The molecule has 26 heavy (non-hydrogen) atoms. The molecule has 0 aliphatic heterocycles. The minimum Gasteiger partial charge on any atom is -0.508 e. The highest BCUT2D eigenvalue weighted by atomic mass is 16.5. The van der Waals surface area contributed by atoms with Gasteiger partial charge in [-0.2, -0.15) is 5.26 Å². The van der Waals surface area contributed by atoms with Crippen LogP contribution in [0.25, 0.3) is 0 Å². The van der Waals surface area contributed by atoms with Crippen LogP contribution in [0.4, 0.5) is 0 Å². The maximum Gasteiger partial charge on any atom is 0.169 e. The molecule has 0 saturated heterocycles. The second-order valence-corrected chi connectivity index (χ2v) is 5.15. The number of hydrogen-bond acceptors (Lipinski definition) is 4. The van der Waals surface area contributed by atoms with E-state index in [1.54, 1.807) is 36.4 Å². The molecule has 0 fully saturated rings. The maximum absolute atomic E-state index is 9.54. The minimum absolute atomic E-state index is 0.118. The van der Waals surface area contributed by atoms with E-state index in [0.717, 1.165) is 5.56 Å². The lowest BCUT2D eigenvalue weighted by Crippen LogP contribution is -1.98.